The molecule has 3 aromatic rings. The lowest BCUT2D eigenvalue weighted by Gasteiger charge is -2.38. The maximum absolute atomic E-state index is 12.6. The number of piperidine rings is 1. The first-order valence-electron chi connectivity index (χ1n) is 8.81. The third kappa shape index (κ3) is 3.20. The zero-order valence-electron chi connectivity index (χ0n) is 14.6. The number of thiazole rings is 1. The predicted octanol–water partition coefficient (Wildman–Crippen LogP) is 3.15. The Morgan fingerprint density at radius 3 is 2.73 bits per heavy atom. The van der Waals surface area contributed by atoms with Crippen molar-refractivity contribution in [3.63, 3.8) is 0 Å². The predicted molar refractivity (Wildman–Crippen MR) is 101 cm³/mol. The summed E-state index contributed by atoms with van der Waals surface area (Å²) in [6.07, 6.45) is 4.99. The number of carbonyl (C=O) groups is 1. The van der Waals surface area contributed by atoms with E-state index in [-0.39, 0.29) is 12.1 Å². The van der Waals surface area contributed by atoms with Crippen LogP contribution in [0.1, 0.15) is 37.1 Å². The molecule has 1 aliphatic rings. The second-order valence-corrected chi connectivity index (χ2v) is 7.69. The maximum Gasteiger partial charge on any atom is 0.317 e. The van der Waals surface area contributed by atoms with Crippen LogP contribution in [-0.2, 0) is 5.60 Å². The summed E-state index contributed by atoms with van der Waals surface area (Å²) in [4.78, 5) is 19.8. The van der Waals surface area contributed by atoms with E-state index in [2.05, 4.69) is 10.3 Å². The molecular weight excluding hydrogens is 348 g/mol. The van der Waals surface area contributed by atoms with Crippen molar-refractivity contribution in [1.82, 2.24) is 19.6 Å². The van der Waals surface area contributed by atoms with Crippen molar-refractivity contribution in [2.75, 3.05) is 13.1 Å². The average molecular weight is 370 g/mol. The van der Waals surface area contributed by atoms with Crippen LogP contribution >= 0.6 is 11.3 Å². The minimum Gasteiger partial charge on any atom is -0.385 e. The summed E-state index contributed by atoms with van der Waals surface area (Å²) in [6, 6.07) is 9.43. The number of benzene rings is 1. The van der Waals surface area contributed by atoms with Crippen molar-refractivity contribution in [2.24, 2.45) is 0 Å². The van der Waals surface area contributed by atoms with Crippen molar-refractivity contribution in [3.05, 3.63) is 59.4 Å². The van der Waals surface area contributed by atoms with E-state index in [4.69, 9.17) is 0 Å². The van der Waals surface area contributed by atoms with E-state index in [1.54, 1.807) is 16.2 Å². The second kappa shape index (κ2) is 6.74. The van der Waals surface area contributed by atoms with Gasteiger partial charge in [0.15, 0.2) is 4.96 Å². The van der Waals surface area contributed by atoms with Gasteiger partial charge in [-0.25, -0.2) is 9.78 Å². The van der Waals surface area contributed by atoms with Gasteiger partial charge >= 0.3 is 6.03 Å². The maximum atomic E-state index is 12.6. The third-order valence-corrected chi connectivity index (χ3v) is 5.86. The van der Waals surface area contributed by atoms with E-state index in [1.165, 1.54) is 0 Å². The highest BCUT2D eigenvalue weighted by Gasteiger charge is 2.35. The molecule has 1 aliphatic heterocycles. The fraction of sp³-hybridized carbons (Fsp3) is 0.368. The molecule has 0 spiro atoms. The number of nitrogens with zero attached hydrogens (tertiary/aromatic N) is 3. The lowest BCUT2D eigenvalue weighted by atomic mass is 9.84. The number of rotatable bonds is 3. The quantitative estimate of drug-likeness (QED) is 0.744. The van der Waals surface area contributed by atoms with E-state index in [1.807, 2.05) is 59.4 Å². The highest BCUT2D eigenvalue weighted by molar-refractivity contribution is 7.15. The molecule has 1 aromatic carbocycles. The minimum atomic E-state index is -0.849. The van der Waals surface area contributed by atoms with Gasteiger partial charge in [-0.05, 0) is 25.3 Å². The molecule has 2 N–H and O–H groups in total. The second-order valence-electron chi connectivity index (χ2n) is 6.81. The first-order chi connectivity index (χ1) is 12.5. The molecule has 2 aromatic heterocycles. The summed E-state index contributed by atoms with van der Waals surface area (Å²) < 4.78 is 1.96. The molecule has 0 aliphatic carbocycles. The molecule has 7 heteroatoms. The van der Waals surface area contributed by atoms with Gasteiger partial charge in [-0.3, -0.25) is 4.40 Å². The van der Waals surface area contributed by atoms with E-state index in [0.29, 0.717) is 25.9 Å². The molecule has 0 radical (unpaired) electrons. The number of hydrogen-bond donors (Lipinski definition) is 2. The van der Waals surface area contributed by atoms with E-state index in [9.17, 15) is 9.90 Å². The van der Waals surface area contributed by atoms with Crippen molar-refractivity contribution in [1.29, 1.82) is 0 Å². The van der Waals surface area contributed by atoms with Crippen LogP contribution in [0.3, 0.4) is 0 Å². The SMILES string of the molecule is CC(NC(=O)N1CCC(O)(c2ccccc2)CC1)c1cn2ccsc2n1. The van der Waals surface area contributed by atoms with Gasteiger partial charge < -0.3 is 15.3 Å². The van der Waals surface area contributed by atoms with Gasteiger partial charge in [0.05, 0.1) is 17.3 Å². The molecule has 1 unspecified atom stereocenters. The van der Waals surface area contributed by atoms with Crippen LogP contribution in [0, 0.1) is 0 Å². The Morgan fingerprint density at radius 1 is 1.31 bits per heavy atom. The molecule has 1 fully saturated rings. The number of hydrogen-bond acceptors (Lipinski definition) is 4. The van der Waals surface area contributed by atoms with Gasteiger partial charge in [-0.15, -0.1) is 11.3 Å². The monoisotopic (exact) mass is 370 g/mol. The summed E-state index contributed by atoms with van der Waals surface area (Å²) in [6.45, 7) is 3.00. The number of nitrogens with one attached hydrogen (secondary N) is 1. The Morgan fingerprint density at radius 2 is 2.04 bits per heavy atom. The van der Waals surface area contributed by atoms with Gasteiger partial charge in [-0.1, -0.05) is 30.3 Å². The molecule has 136 valence electrons. The first-order valence-corrected chi connectivity index (χ1v) is 9.68. The largest absolute Gasteiger partial charge is 0.385 e. The van der Waals surface area contributed by atoms with Crippen molar-refractivity contribution in [3.8, 4) is 0 Å². The smallest absolute Gasteiger partial charge is 0.317 e. The van der Waals surface area contributed by atoms with Gasteiger partial charge in [0.25, 0.3) is 0 Å². The minimum absolute atomic E-state index is 0.107. The Hall–Kier alpha value is -2.38. The topological polar surface area (TPSA) is 69.9 Å². The van der Waals surface area contributed by atoms with Crippen LogP contribution in [0.4, 0.5) is 4.79 Å². The lowest BCUT2D eigenvalue weighted by Crippen LogP contribution is -2.49. The summed E-state index contributed by atoms with van der Waals surface area (Å²) in [5.74, 6) is 0. The van der Waals surface area contributed by atoms with E-state index < -0.39 is 5.60 Å². The molecule has 0 saturated carbocycles. The normalized spacial score (nSPS) is 18.0. The third-order valence-electron chi connectivity index (χ3n) is 5.08. The number of aromatic nitrogens is 2. The van der Waals surface area contributed by atoms with Gasteiger partial charge in [0.1, 0.15) is 0 Å². The number of aliphatic hydroxyl groups is 1. The van der Waals surface area contributed by atoms with Gasteiger partial charge in [0, 0.05) is 30.9 Å². The Labute approximate surface area is 156 Å². The zero-order chi connectivity index (χ0) is 18.1. The Kier molecular flexibility index (Phi) is 4.42. The molecule has 4 rings (SSSR count). The summed E-state index contributed by atoms with van der Waals surface area (Å²) >= 11 is 1.57. The molecule has 1 saturated heterocycles. The molecular formula is C19H22N4O2S. The molecule has 2 amide bonds. The average Bonchev–Trinajstić information content (AvgIpc) is 3.25. The van der Waals surface area contributed by atoms with Gasteiger partial charge in [0.2, 0.25) is 0 Å². The molecule has 26 heavy (non-hydrogen) atoms. The Bertz CT molecular complexity index is 868. The molecule has 3 heterocycles. The number of fused-ring (bicyclic) bond motifs is 1. The summed E-state index contributed by atoms with van der Waals surface area (Å²) in [7, 11) is 0. The Balaban J connectivity index is 1.37. The van der Waals surface area contributed by atoms with Crippen LogP contribution in [0.5, 0.6) is 0 Å². The van der Waals surface area contributed by atoms with Crippen LogP contribution in [-0.4, -0.2) is 38.5 Å². The van der Waals surface area contributed by atoms with E-state index >= 15 is 0 Å². The van der Waals surface area contributed by atoms with Crippen LogP contribution in [0.2, 0.25) is 0 Å². The number of urea groups is 1. The van der Waals surface area contributed by atoms with Crippen LogP contribution < -0.4 is 5.32 Å². The fourth-order valence-electron chi connectivity index (χ4n) is 3.42. The zero-order valence-corrected chi connectivity index (χ0v) is 15.4. The van der Waals surface area contributed by atoms with Crippen LogP contribution in [0.15, 0.2) is 48.1 Å². The first kappa shape index (κ1) is 17.1. The van der Waals surface area contributed by atoms with Gasteiger partial charge in [-0.2, -0.15) is 0 Å². The molecule has 6 nitrogen and oxygen atoms in total. The number of carbonyl (C=O) groups excluding carboxylic acids is 1. The molecule has 1 atom stereocenters. The number of amides is 2. The highest BCUT2D eigenvalue weighted by Crippen LogP contribution is 2.32. The fourth-order valence-corrected chi connectivity index (χ4v) is 4.13. The van der Waals surface area contributed by atoms with Crippen molar-refractivity contribution in [2.45, 2.75) is 31.4 Å². The van der Waals surface area contributed by atoms with Crippen molar-refractivity contribution < 1.29 is 9.90 Å². The number of likely N-dealkylation sites (tertiary alicyclic amines) is 1. The van der Waals surface area contributed by atoms with E-state index in [0.717, 1.165) is 16.2 Å². The lowest BCUT2D eigenvalue weighted by molar-refractivity contribution is -0.0169. The van der Waals surface area contributed by atoms with Crippen molar-refractivity contribution >= 4 is 22.3 Å². The highest BCUT2D eigenvalue weighted by atomic mass is 32.1. The summed E-state index contributed by atoms with van der Waals surface area (Å²) in [5.41, 5.74) is 0.923. The number of imidazole rings is 1. The van der Waals surface area contributed by atoms with Crippen LogP contribution in [0.25, 0.3) is 4.96 Å². The molecule has 0 bridgehead atoms. The summed E-state index contributed by atoms with van der Waals surface area (Å²) in [5, 5.41) is 15.9. The standard InChI is InChI=1S/C19H22N4O2S/c1-14(16-13-23-11-12-26-18(23)21-16)20-17(24)22-9-7-19(25,8-10-22)15-5-3-2-4-6-15/h2-6,11-14,25H,7-10H2,1H3,(H,20,24).